The number of methoxy groups -OCH3 is 1. The Balaban J connectivity index is 2.83. The largest absolute Gasteiger partial charge is 0.374 e. The van der Waals surface area contributed by atoms with Crippen molar-refractivity contribution in [1.29, 1.82) is 0 Å². The number of hydrogen-bond acceptors (Lipinski definition) is 3. The summed E-state index contributed by atoms with van der Waals surface area (Å²) in [5, 5.41) is 0. The van der Waals surface area contributed by atoms with Gasteiger partial charge < -0.3 is 9.47 Å². The Bertz CT molecular complexity index is 256. The lowest BCUT2D eigenvalue weighted by atomic mass is 9.82. The number of hydrogen-bond donors (Lipinski definition) is 0. The van der Waals surface area contributed by atoms with Crippen LogP contribution in [0.1, 0.15) is 41.0 Å². The molecule has 1 heterocycles. The van der Waals surface area contributed by atoms with Gasteiger partial charge in [0.15, 0.2) is 5.78 Å². The molecule has 0 N–H and O–H groups in total. The maximum Gasteiger partial charge on any atom is 0.167 e. The van der Waals surface area contributed by atoms with Crippen LogP contribution in [0.4, 0.5) is 0 Å². The molecule has 2 atom stereocenters. The number of carbonyl (C=O) groups excluding carboxylic acids is 1. The molecule has 0 aromatic rings. The van der Waals surface area contributed by atoms with Crippen molar-refractivity contribution in [2.24, 2.45) is 5.92 Å². The summed E-state index contributed by atoms with van der Waals surface area (Å²) in [6.45, 7) is 9.81. The van der Waals surface area contributed by atoms with Gasteiger partial charge in [0, 0.05) is 7.11 Å². The zero-order chi connectivity index (χ0) is 11.9. The standard InChI is InChI=1S/C12H22O3/c1-8(14-6)10(13)9-7-11(2,3)15-12(9,4)5/h8-9H,7H2,1-6H3. The Hall–Kier alpha value is -0.410. The van der Waals surface area contributed by atoms with Gasteiger partial charge in [0.2, 0.25) is 0 Å². The van der Waals surface area contributed by atoms with E-state index in [1.54, 1.807) is 14.0 Å². The molecule has 0 bridgehead atoms. The minimum Gasteiger partial charge on any atom is -0.374 e. The highest BCUT2D eigenvalue weighted by atomic mass is 16.5. The molecule has 0 aliphatic carbocycles. The van der Waals surface area contributed by atoms with Crippen molar-refractivity contribution >= 4 is 5.78 Å². The van der Waals surface area contributed by atoms with Crippen LogP contribution in [0.2, 0.25) is 0 Å². The zero-order valence-electron chi connectivity index (χ0n) is 10.6. The van der Waals surface area contributed by atoms with E-state index < -0.39 is 0 Å². The molecule has 3 heteroatoms. The van der Waals surface area contributed by atoms with Crippen molar-refractivity contribution in [2.75, 3.05) is 7.11 Å². The van der Waals surface area contributed by atoms with Gasteiger partial charge in [-0.2, -0.15) is 0 Å². The first kappa shape index (κ1) is 12.7. The van der Waals surface area contributed by atoms with E-state index in [0.717, 1.165) is 6.42 Å². The molecule has 0 radical (unpaired) electrons. The fourth-order valence-corrected chi connectivity index (χ4v) is 2.40. The lowest BCUT2D eigenvalue weighted by Crippen LogP contribution is -2.38. The summed E-state index contributed by atoms with van der Waals surface area (Å²) in [6, 6.07) is 0. The van der Waals surface area contributed by atoms with Crippen LogP contribution in [0, 0.1) is 5.92 Å². The van der Waals surface area contributed by atoms with Gasteiger partial charge in [-0.25, -0.2) is 0 Å². The quantitative estimate of drug-likeness (QED) is 0.722. The van der Waals surface area contributed by atoms with Crippen LogP contribution in [-0.2, 0) is 14.3 Å². The molecule has 1 fully saturated rings. The second kappa shape index (κ2) is 3.87. The van der Waals surface area contributed by atoms with E-state index in [2.05, 4.69) is 0 Å². The summed E-state index contributed by atoms with van der Waals surface area (Å²) in [5.74, 6) is 0.0792. The molecule has 0 amide bonds. The van der Waals surface area contributed by atoms with E-state index in [-0.39, 0.29) is 29.0 Å². The third kappa shape index (κ3) is 2.58. The lowest BCUT2D eigenvalue weighted by molar-refractivity contribution is -0.138. The van der Waals surface area contributed by atoms with Crippen LogP contribution in [-0.4, -0.2) is 30.2 Å². The molecule has 0 saturated carbocycles. The van der Waals surface area contributed by atoms with E-state index in [1.807, 2.05) is 27.7 Å². The van der Waals surface area contributed by atoms with Crippen molar-refractivity contribution in [3.05, 3.63) is 0 Å². The van der Waals surface area contributed by atoms with Crippen molar-refractivity contribution in [2.45, 2.75) is 58.3 Å². The Morgan fingerprint density at radius 2 is 1.93 bits per heavy atom. The molecular weight excluding hydrogens is 192 g/mol. The molecule has 0 aromatic carbocycles. The van der Waals surface area contributed by atoms with Crippen molar-refractivity contribution in [1.82, 2.24) is 0 Å². The highest BCUT2D eigenvalue weighted by molar-refractivity contribution is 5.86. The number of ketones is 1. The number of rotatable bonds is 3. The molecular formula is C12H22O3. The third-order valence-corrected chi connectivity index (χ3v) is 3.17. The second-order valence-corrected chi connectivity index (χ2v) is 5.50. The molecule has 1 aliphatic rings. The normalized spacial score (nSPS) is 30.1. The lowest BCUT2D eigenvalue weighted by Gasteiger charge is -2.27. The SMILES string of the molecule is COC(C)C(=O)C1CC(C)(C)OC1(C)C. The van der Waals surface area contributed by atoms with E-state index in [4.69, 9.17) is 9.47 Å². The van der Waals surface area contributed by atoms with Gasteiger partial charge in [-0.15, -0.1) is 0 Å². The molecule has 0 spiro atoms. The monoisotopic (exact) mass is 214 g/mol. The predicted octanol–water partition coefficient (Wildman–Crippen LogP) is 2.18. The van der Waals surface area contributed by atoms with Crippen LogP contribution < -0.4 is 0 Å². The fourth-order valence-electron chi connectivity index (χ4n) is 2.40. The Kier molecular flexibility index (Phi) is 3.27. The smallest absolute Gasteiger partial charge is 0.167 e. The van der Waals surface area contributed by atoms with E-state index in [9.17, 15) is 4.79 Å². The van der Waals surface area contributed by atoms with Gasteiger partial charge in [0.25, 0.3) is 0 Å². The molecule has 0 aromatic heterocycles. The average Bonchev–Trinajstić information content (AvgIpc) is 2.31. The summed E-state index contributed by atoms with van der Waals surface area (Å²) in [6.07, 6.45) is 0.429. The van der Waals surface area contributed by atoms with Gasteiger partial charge in [-0.1, -0.05) is 0 Å². The van der Waals surface area contributed by atoms with Crippen LogP contribution in [0.15, 0.2) is 0 Å². The summed E-state index contributed by atoms with van der Waals surface area (Å²) in [7, 11) is 1.57. The first-order chi connectivity index (χ1) is 6.69. The highest BCUT2D eigenvalue weighted by Gasteiger charge is 2.49. The predicted molar refractivity (Wildman–Crippen MR) is 58.8 cm³/mol. The van der Waals surface area contributed by atoms with Crippen molar-refractivity contribution in [3.63, 3.8) is 0 Å². The van der Waals surface area contributed by atoms with Gasteiger partial charge >= 0.3 is 0 Å². The van der Waals surface area contributed by atoms with Crippen LogP contribution in [0.3, 0.4) is 0 Å². The van der Waals surface area contributed by atoms with Gasteiger partial charge in [0.05, 0.1) is 17.1 Å². The maximum absolute atomic E-state index is 12.1. The number of Topliss-reactive ketones (excluding diaryl/α,β-unsaturated/α-hetero) is 1. The molecule has 1 rings (SSSR count). The molecule has 2 unspecified atom stereocenters. The summed E-state index contributed by atoms with van der Waals surface area (Å²) < 4.78 is 11.0. The van der Waals surface area contributed by atoms with E-state index in [1.165, 1.54) is 0 Å². The van der Waals surface area contributed by atoms with Crippen molar-refractivity contribution in [3.8, 4) is 0 Å². The summed E-state index contributed by atoms with van der Waals surface area (Å²) in [5.41, 5.74) is -0.593. The Morgan fingerprint density at radius 1 is 1.40 bits per heavy atom. The van der Waals surface area contributed by atoms with Crippen LogP contribution in [0.5, 0.6) is 0 Å². The first-order valence-corrected chi connectivity index (χ1v) is 5.46. The summed E-state index contributed by atoms with van der Waals surface area (Å²) >= 11 is 0. The van der Waals surface area contributed by atoms with Crippen molar-refractivity contribution < 1.29 is 14.3 Å². The second-order valence-electron chi connectivity index (χ2n) is 5.50. The zero-order valence-corrected chi connectivity index (χ0v) is 10.6. The third-order valence-electron chi connectivity index (χ3n) is 3.17. The van der Waals surface area contributed by atoms with E-state index in [0.29, 0.717) is 0 Å². The number of ether oxygens (including phenoxy) is 2. The number of carbonyl (C=O) groups is 1. The fraction of sp³-hybridized carbons (Fsp3) is 0.917. The molecule has 15 heavy (non-hydrogen) atoms. The average molecular weight is 214 g/mol. The topological polar surface area (TPSA) is 35.5 Å². The molecule has 88 valence electrons. The summed E-state index contributed by atoms with van der Waals surface area (Å²) in [4.78, 5) is 12.1. The molecule has 3 nitrogen and oxygen atoms in total. The molecule has 1 aliphatic heterocycles. The van der Waals surface area contributed by atoms with E-state index >= 15 is 0 Å². The van der Waals surface area contributed by atoms with Gasteiger partial charge in [-0.3, -0.25) is 4.79 Å². The highest BCUT2D eigenvalue weighted by Crippen LogP contribution is 2.42. The Labute approximate surface area is 92.1 Å². The minimum absolute atomic E-state index is 0.0672. The molecule has 1 saturated heterocycles. The first-order valence-electron chi connectivity index (χ1n) is 5.46. The van der Waals surface area contributed by atoms with Crippen LogP contribution >= 0.6 is 0 Å². The van der Waals surface area contributed by atoms with Gasteiger partial charge in [-0.05, 0) is 41.0 Å². The maximum atomic E-state index is 12.1. The Morgan fingerprint density at radius 3 is 2.27 bits per heavy atom. The van der Waals surface area contributed by atoms with Gasteiger partial charge in [0.1, 0.15) is 6.10 Å². The minimum atomic E-state index is -0.382. The van der Waals surface area contributed by atoms with Crippen LogP contribution in [0.25, 0.3) is 0 Å².